The molecule has 0 saturated carbocycles. The fraction of sp³-hybridized carbons (Fsp3) is 0.188. The zero-order valence-electron chi connectivity index (χ0n) is 13.7. The van der Waals surface area contributed by atoms with Crippen molar-refractivity contribution in [2.24, 2.45) is 0 Å². The van der Waals surface area contributed by atoms with Crippen molar-refractivity contribution in [3.8, 4) is 5.82 Å². The van der Waals surface area contributed by atoms with Gasteiger partial charge in [0.2, 0.25) is 0 Å². The van der Waals surface area contributed by atoms with Gasteiger partial charge < -0.3 is 5.32 Å². The zero-order valence-corrected chi connectivity index (χ0v) is 13.7. The molecule has 140 valence electrons. The Morgan fingerprint density at radius 3 is 2.70 bits per heavy atom. The Labute approximate surface area is 150 Å². The highest BCUT2D eigenvalue weighted by molar-refractivity contribution is 5.94. The first-order chi connectivity index (χ1) is 12.8. The maximum atomic E-state index is 12.7. The molecule has 0 aliphatic carbocycles. The predicted octanol–water partition coefficient (Wildman–Crippen LogP) is 1.27. The van der Waals surface area contributed by atoms with Crippen LogP contribution in [0.3, 0.4) is 0 Å². The van der Waals surface area contributed by atoms with Gasteiger partial charge in [-0.2, -0.15) is 18.3 Å². The van der Waals surface area contributed by atoms with Crippen LogP contribution in [0.25, 0.3) is 5.82 Å². The highest BCUT2D eigenvalue weighted by atomic mass is 19.4. The SMILES string of the molecule is O=C(NCCn1nc(-n2cncn2)ccc1=O)c1cccc(C(F)(F)F)c1. The van der Waals surface area contributed by atoms with Crippen LogP contribution in [0.5, 0.6) is 0 Å². The normalized spacial score (nSPS) is 11.4. The smallest absolute Gasteiger partial charge is 0.350 e. The predicted molar refractivity (Wildman–Crippen MR) is 87.2 cm³/mol. The Bertz CT molecular complexity index is 998. The van der Waals surface area contributed by atoms with E-state index in [4.69, 9.17) is 0 Å². The second-order valence-electron chi connectivity index (χ2n) is 5.43. The van der Waals surface area contributed by atoms with Gasteiger partial charge in [0.05, 0.1) is 12.1 Å². The second kappa shape index (κ2) is 7.40. The quantitative estimate of drug-likeness (QED) is 0.722. The van der Waals surface area contributed by atoms with E-state index in [2.05, 4.69) is 20.5 Å². The number of halogens is 3. The first-order valence-corrected chi connectivity index (χ1v) is 7.73. The summed E-state index contributed by atoms with van der Waals surface area (Å²) in [6.07, 6.45) is -1.81. The van der Waals surface area contributed by atoms with Crippen molar-refractivity contribution < 1.29 is 18.0 Å². The average molecular weight is 378 g/mol. The number of hydrogen-bond donors (Lipinski definition) is 1. The van der Waals surface area contributed by atoms with Gasteiger partial charge in [-0.3, -0.25) is 9.59 Å². The Balaban J connectivity index is 1.66. The summed E-state index contributed by atoms with van der Waals surface area (Å²) in [6.45, 7) is 0.0366. The number of nitrogens with zero attached hydrogens (tertiary/aromatic N) is 5. The Morgan fingerprint density at radius 2 is 2.00 bits per heavy atom. The molecule has 0 unspecified atom stereocenters. The molecule has 27 heavy (non-hydrogen) atoms. The van der Waals surface area contributed by atoms with Crippen molar-refractivity contribution in [3.05, 3.63) is 70.5 Å². The summed E-state index contributed by atoms with van der Waals surface area (Å²) in [6, 6.07) is 6.85. The standard InChI is InChI=1S/C16H13F3N6O2/c17-16(18,19)12-3-1-2-11(8-12)15(27)21-6-7-24-14(26)5-4-13(23-24)25-10-20-9-22-25/h1-5,8-10H,6-7H2,(H,21,27). The summed E-state index contributed by atoms with van der Waals surface area (Å²) < 4.78 is 40.6. The number of nitrogens with one attached hydrogen (secondary N) is 1. The summed E-state index contributed by atoms with van der Waals surface area (Å²) in [5.74, 6) is -0.321. The summed E-state index contributed by atoms with van der Waals surface area (Å²) >= 11 is 0. The van der Waals surface area contributed by atoms with Gasteiger partial charge >= 0.3 is 6.18 Å². The van der Waals surface area contributed by atoms with Crippen LogP contribution in [-0.4, -0.2) is 37.0 Å². The van der Waals surface area contributed by atoms with Gasteiger partial charge in [-0.15, -0.1) is 5.10 Å². The van der Waals surface area contributed by atoms with Crippen LogP contribution in [0, 0.1) is 0 Å². The molecule has 0 radical (unpaired) electrons. The number of carbonyl (C=O) groups is 1. The van der Waals surface area contributed by atoms with Crippen molar-refractivity contribution in [1.82, 2.24) is 29.9 Å². The van der Waals surface area contributed by atoms with E-state index in [0.29, 0.717) is 5.82 Å². The van der Waals surface area contributed by atoms with E-state index in [1.807, 2.05) is 0 Å². The molecule has 2 heterocycles. The highest BCUT2D eigenvalue weighted by Gasteiger charge is 2.30. The first kappa shape index (κ1) is 18.3. The topological polar surface area (TPSA) is 94.7 Å². The average Bonchev–Trinajstić information content (AvgIpc) is 3.17. The van der Waals surface area contributed by atoms with Gasteiger partial charge in [0, 0.05) is 18.2 Å². The molecule has 0 bridgehead atoms. The number of amides is 1. The molecule has 1 amide bonds. The molecule has 0 aliphatic rings. The Morgan fingerprint density at radius 1 is 1.19 bits per heavy atom. The fourth-order valence-electron chi connectivity index (χ4n) is 2.26. The van der Waals surface area contributed by atoms with Gasteiger partial charge in [0.15, 0.2) is 5.82 Å². The van der Waals surface area contributed by atoms with E-state index < -0.39 is 23.2 Å². The van der Waals surface area contributed by atoms with Gasteiger partial charge in [0.1, 0.15) is 12.7 Å². The summed E-state index contributed by atoms with van der Waals surface area (Å²) in [5.41, 5.74) is -1.43. The first-order valence-electron chi connectivity index (χ1n) is 7.73. The lowest BCUT2D eigenvalue weighted by molar-refractivity contribution is -0.137. The number of carbonyl (C=O) groups excluding carboxylic acids is 1. The number of aromatic nitrogens is 5. The molecule has 11 heteroatoms. The van der Waals surface area contributed by atoms with Crippen LogP contribution in [0.2, 0.25) is 0 Å². The van der Waals surface area contributed by atoms with E-state index in [-0.39, 0.29) is 18.7 Å². The van der Waals surface area contributed by atoms with Gasteiger partial charge in [0.25, 0.3) is 11.5 Å². The molecule has 3 aromatic rings. The van der Waals surface area contributed by atoms with Crippen LogP contribution >= 0.6 is 0 Å². The van der Waals surface area contributed by atoms with Crippen molar-refractivity contribution >= 4 is 5.91 Å². The minimum absolute atomic E-state index is 0.00277. The van der Waals surface area contributed by atoms with E-state index in [0.717, 1.165) is 22.9 Å². The van der Waals surface area contributed by atoms with Gasteiger partial charge in [-0.05, 0) is 24.3 Å². The second-order valence-corrected chi connectivity index (χ2v) is 5.43. The molecule has 0 atom stereocenters. The maximum absolute atomic E-state index is 12.7. The number of hydrogen-bond acceptors (Lipinski definition) is 5. The Hall–Kier alpha value is -3.50. The largest absolute Gasteiger partial charge is 0.416 e. The van der Waals surface area contributed by atoms with Crippen LogP contribution < -0.4 is 10.9 Å². The zero-order chi connectivity index (χ0) is 19.4. The third-order valence-electron chi connectivity index (χ3n) is 3.57. The van der Waals surface area contributed by atoms with Crippen LogP contribution in [0.4, 0.5) is 13.2 Å². The molecule has 0 aliphatic heterocycles. The highest BCUT2D eigenvalue weighted by Crippen LogP contribution is 2.29. The van der Waals surface area contributed by atoms with Crippen molar-refractivity contribution in [3.63, 3.8) is 0 Å². The van der Waals surface area contributed by atoms with Gasteiger partial charge in [-0.1, -0.05) is 6.07 Å². The van der Waals surface area contributed by atoms with E-state index in [9.17, 15) is 22.8 Å². The van der Waals surface area contributed by atoms with Crippen LogP contribution in [0.15, 0.2) is 53.8 Å². The molecule has 1 N–H and O–H groups in total. The lowest BCUT2D eigenvalue weighted by Gasteiger charge is -2.10. The molecular weight excluding hydrogens is 365 g/mol. The number of rotatable bonds is 5. The summed E-state index contributed by atoms with van der Waals surface area (Å²) in [5, 5.41) is 10.5. The van der Waals surface area contributed by atoms with E-state index in [1.54, 1.807) is 0 Å². The molecule has 3 rings (SSSR count). The van der Waals surface area contributed by atoms with Gasteiger partial charge in [-0.25, -0.2) is 14.3 Å². The van der Waals surface area contributed by atoms with Crippen molar-refractivity contribution in [2.75, 3.05) is 6.54 Å². The summed E-state index contributed by atoms with van der Waals surface area (Å²) in [7, 11) is 0. The monoisotopic (exact) mass is 378 g/mol. The molecule has 1 aromatic carbocycles. The minimum atomic E-state index is -4.53. The van der Waals surface area contributed by atoms with Crippen LogP contribution in [-0.2, 0) is 12.7 Å². The maximum Gasteiger partial charge on any atom is 0.416 e. The van der Waals surface area contributed by atoms with E-state index >= 15 is 0 Å². The molecular formula is C16H13F3N6O2. The number of alkyl halides is 3. The lowest BCUT2D eigenvalue weighted by Crippen LogP contribution is -2.32. The summed E-state index contributed by atoms with van der Waals surface area (Å²) in [4.78, 5) is 27.7. The number of benzene rings is 1. The molecule has 0 spiro atoms. The Kier molecular flexibility index (Phi) is 5.01. The van der Waals surface area contributed by atoms with Crippen molar-refractivity contribution in [2.45, 2.75) is 12.7 Å². The van der Waals surface area contributed by atoms with Crippen LogP contribution in [0.1, 0.15) is 15.9 Å². The molecule has 0 fully saturated rings. The molecule has 0 saturated heterocycles. The minimum Gasteiger partial charge on any atom is -0.350 e. The lowest BCUT2D eigenvalue weighted by atomic mass is 10.1. The molecule has 8 nitrogen and oxygen atoms in total. The van der Waals surface area contributed by atoms with Crippen molar-refractivity contribution in [1.29, 1.82) is 0 Å². The third-order valence-corrected chi connectivity index (χ3v) is 3.57. The molecule has 2 aromatic heterocycles. The fourth-order valence-corrected chi connectivity index (χ4v) is 2.26. The third kappa shape index (κ3) is 4.37. The van der Waals surface area contributed by atoms with E-state index in [1.165, 1.54) is 35.5 Å².